The van der Waals surface area contributed by atoms with Crippen LogP contribution in [0.25, 0.3) is 33.4 Å². The van der Waals surface area contributed by atoms with Crippen LogP contribution in [-0.2, 0) is 0 Å². The Kier molecular flexibility index (Phi) is 10.6. The van der Waals surface area contributed by atoms with Gasteiger partial charge < -0.3 is 15.0 Å². The van der Waals surface area contributed by atoms with Crippen LogP contribution in [0.5, 0.6) is 5.75 Å². The second-order valence-corrected chi connectivity index (χ2v) is 13.0. The fraction of sp³-hybridized carbons (Fsp3) is 0.125. The molecule has 5 aromatic carbocycles. The Morgan fingerprint density at radius 3 is 1.98 bits per heavy atom. The highest BCUT2D eigenvalue weighted by atomic mass is 16.5. The lowest BCUT2D eigenvalue weighted by Crippen LogP contribution is -2.11. The third kappa shape index (κ3) is 8.06. The van der Waals surface area contributed by atoms with E-state index in [4.69, 9.17) is 4.74 Å². The maximum absolute atomic E-state index is 6.24. The fourth-order valence-corrected chi connectivity index (χ4v) is 6.61. The average molecular weight is 665 g/mol. The van der Waals surface area contributed by atoms with Gasteiger partial charge in [0.15, 0.2) is 0 Å². The molecular weight excluding hydrogens is 621 g/mol. The van der Waals surface area contributed by atoms with Gasteiger partial charge in [-0.25, -0.2) is 0 Å². The average Bonchev–Trinajstić information content (AvgIpc) is 3.18. The quantitative estimate of drug-likeness (QED) is 0.202. The van der Waals surface area contributed by atoms with Crippen LogP contribution in [0, 0.1) is 0 Å². The smallest absolute Gasteiger partial charge is 0.134 e. The van der Waals surface area contributed by atoms with Gasteiger partial charge in [-0.2, -0.15) is 0 Å². The molecule has 0 bridgehead atoms. The van der Waals surface area contributed by atoms with Crippen molar-refractivity contribution >= 4 is 33.9 Å². The van der Waals surface area contributed by atoms with Crippen molar-refractivity contribution in [3.8, 4) is 28.0 Å². The van der Waals surface area contributed by atoms with E-state index in [1.54, 1.807) is 0 Å². The van der Waals surface area contributed by atoms with E-state index in [9.17, 15) is 0 Å². The minimum atomic E-state index is 0.744. The number of rotatable bonds is 5. The summed E-state index contributed by atoms with van der Waals surface area (Å²) in [6.45, 7) is 9.44. The van der Waals surface area contributed by atoms with E-state index in [0.717, 1.165) is 98.9 Å². The molecule has 0 unspecified atom stereocenters. The third-order valence-electron chi connectivity index (χ3n) is 9.38. The summed E-state index contributed by atoms with van der Waals surface area (Å²) in [5, 5.41) is 3.56. The summed E-state index contributed by atoms with van der Waals surface area (Å²) in [6, 6.07) is 40.6. The Hall–Kier alpha value is -6.06. The lowest BCUT2D eigenvalue weighted by Gasteiger charge is -2.25. The first-order valence-electron chi connectivity index (χ1n) is 17.9. The summed E-state index contributed by atoms with van der Waals surface area (Å²) < 4.78 is 6.24. The van der Waals surface area contributed by atoms with Crippen molar-refractivity contribution in [2.24, 2.45) is 0 Å². The summed E-state index contributed by atoms with van der Waals surface area (Å²) >= 11 is 0. The Bertz CT molecular complexity index is 2100. The highest BCUT2D eigenvalue weighted by Gasteiger charge is 2.17. The van der Waals surface area contributed by atoms with E-state index in [1.807, 2.05) is 12.1 Å². The molecule has 0 saturated heterocycles. The van der Waals surface area contributed by atoms with Crippen LogP contribution >= 0.6 is 0 Å². The van der Waals surface area contributed by atoms with Gasteiger partial charge in [0.2, 0.25) is 0 Å². The van der Waals surface area contributed by atoms with Crippen molar-refractivity contribution < 1.29 is 4.74 Å². The van der Waals surface area contributed by atoms with Gasteiger partial charge in [0.05, 0.1) is 12.3 Å². The van der Waals surface area contributed by atoms with Crippen LogP contribution in [0.1, 0.15) is 43.2 Å². The zero-order valence-corrected chi connectivity index (χ0v) is 29.1. The Morgan fingerprint density at radius 1 is 0.588 bits per heavy atom. The van der Waals surface area contributed by atoms with Gasteiger partial charge in [-0.15, -0.1) is 0 Å². The Balaban J connectivity index is 0.000000615. The molecule has 8 rings (SSSR count). The van der Waals surface area contributed by atoms with Gasteiger partial charge in [-0.3, -0.25) is 0 Å². The van der Waals surface area contributed by atoms with Gasteiger partial charge >= 0.3 is 0 Å². The van der Waals surface area contributed by atoms with Crippen molar-refractivity contribution in [2.75, 3.05) is 16.8 Å². The second kappa shape index (κ2) is 16.1. The van der Waals surface area contributed by atoms with Crippen LogP contribution in [0.15, 0.2) is 177 Å². The molecule has 0 atom stereocenters. The molecule has 0 fully saturated rings. The number of nitrogens with zero attached hydrogens (tertiary/aromatic N) is 1. The number of para-hydroxylation sites is 2. The first-order valence-corrected chi connectivity index (χ1v) is 17.9. The molecule has 3 aliphatic rings. The van der Waals surface area contributed by atoms with Gasteiger partial charge in [0, 0.05) is 40.0 Å². The van der Waals surface area contributed by atoms with E-state index in [2.05, 4.69) is 175 Å². The molecular formula is C48H44N2O. The van der Waals surface area contributed by atoms with E-state index < -0.39 is 0 Å². The lowest BCUT2D eigenvalue weighted by molar-refractivity contribution is 0.304. The molecule has 51 heavy (non-hydrogen) atoms. The summed E-state index contributed by atoms with van der Waals surface area (Å²) in [4.78, 5) is 2.21. The lowest BCUT2D eigenvalue weighted by atomic mass is 9.94. The van der Waals surface area contributed by atoms with Crippen molar-refractivity contribution in [1.82, 2.24) is 0 Å². The topological polar surface area (TPSA) is 24.5 Å². The molecule has 2 aliphatic heterocycles. The zero-order valence-electron chi connectivity index (χ0n) is 29.1. The van der Waals surface area contributed by atoms with Gasteiger partial charge in [-0.1, -0.05) is 116 Å². The number of allylic oxidation sites excluding steroid dienone is 9. The van der Waals surface area contributed by atoms with Gasteiger partial charge in [-0.05, 0) is 115 Å². The molecule has 252 valence electrons. The summed E-state index contributed by atoms with van der Waals surface area (Å²) in [5.74, 6) is 0.954. The number of nitrogens with one attached hydrogen (secondary N) is 1. The molecule has 5 aromatic rings. The van der Waals surface area contributed by atoms with Crippen molar-refractivity contribution in [2.45, 2.75) is 32.1 Å². The minimum absolute atomic E-state index is 0.744. The number of fused-ring (bicyclic) bond motifs is 2. The molecule has 1 N–H and O–H groups in total. The molecule has 0 radical (unpaired) electrons. The molecule has 3 nitrogen and oxygen atoms in total. The maximum atomic E-state index is 6.24. The largest absolute Gasteiger partial charge is 0.492 e. The fourth-order valence-electron chi connectivity index (χ4n) is 6.61. The van der Waals surface area contributed by atoms with Gasteiger partial charge in [0.1, 0.15) is 5.75 Å². The molecule has 0 saturated carbocycles. The molecule has 0 spiro atoms. The molecule has 2 heterocycles. The first kappa shape index (κ1) is 33.4. The summed E-state index contributed by atoms with van der Waals surface area (Å²) in [5.41, 5.74) is 13.2. The minimum Gasteiger partial charge on any atom is -0.492 e. The van der Waals surface area contributed by atoms with E-state index in [-0.39, 0.29) is 0 Å². The molecule has 0 amide bonds. The Labute approximate surface area is 303 Å². The summed E-state index contributed by atoms with van der Waals surface area (Å²) in [6.07, 6.45) is 22.5. The van der Waals surface area contributed by atoms with Crippen LogP contribution in [0.3, 0.4) is 0 Å². The molecule has 0 aromatic heterocycles. The summed E-state index contributed by atoms with van der Waals surface area (Å²) in [7, 11) is 0. The van der Waals surface area contributed by atoms with Crippen LogP contribution < -0.4 is 15.0 Å². The standard InChI is InChI=1S/C42H36N2O.C6H8/c1-30-12-7-9-28-45-42-38(30)15-10-16-39(42)33-19-24-36(25-20-33)43-35-22-17-32(18-23-35)34-21-26-41-40(29-34)31(2)11-6-8-27-44(41)37-13-4-3-5-14-37;1-2-4-6-5-3-1/h3-6,8,10-11,13-27,29,43H,1-2,7,9,12,28H2;1-4H,5-6H2/b11-6-,27-8-;. The predicted molar refractivity (Wildman–Crippen MR) is 219 cm³/mol. The van der Waals surface area contributed by atoms with E-state index in [1.165, 1.54) is 12.8 Å². The number of anilines is 4. The second-order valence-electron chi connectivity index (χ2n) is 13.0. The highest BCUT2D eigenvalue weighted by Crippen LogP contribution is 2.40. The molecule has 1 aliphatic carbocycles. The monoisotopic (exact) mass is 664 g/mol. The Morgan fingerprint density at radius 2 is 1.27 bits per heavy atom. The third-order valence-corrected chi connectivity index (χ3v) is 9.38. The SMILES string of the molecule is C1=CCCC=C1.C=C1/C=C\C=C/N(c2ccccc2)c2ccc(-c3ccc(Nc4ccc(-c5cccc6c5OCCCCC6=C)cc4)cc3)cc21. The zero-order chi connectivity index (χ0) is 34.8. The predicted octanol–water partition coefficient (Wildman–Crippen LogP) is 13.5. The van der Waals surface area contributed by atoms with Crippen molar-refractivity contribution in [1.29, 1.82) is 0 Å². The number of hydrogen-bond acceptors (Lipinski definition) is 3. The number of ether oxygens (including phenoxy) is 1. The van der Waals surface area contributed by atoms with Crippen molar-refractivity contribution in [3.05, 3.63) is 188 Å². The van der Waals surface area contributed by atoms with Crippen LogP contribution in [0.2, 0.25) is 0 Å². The van der Waals surface area contributed by atoms with Crippen LogP contribution in [-0.4, -0.2) is 6.61 Å². The highest BCUT2D eigenvalue weighted by molar-refractivity contribution is 5.88. The van der Waals surface area contributed by atoms with E-state index >= 15 is 0 Å². The van der Waals surface area contributed by atoms with Crippen molar-refractivity contribution in [3.63, 3.8) is 0 Å². The normalized spacial score (nSPS) is 16.1. The first-order chi connectivity index (χ1) is 25.1. The van der Waals surface area contributed by atoms with E-state index in [0.29, 0.717) is 0 Å². The van der Waals surface area contributed by atoms with Crippen LogP contribution in [0.4, 0.5) is 22.7 Å². The maximum Gasteiger partial charge on any atom is 0.134 e. The number of hydrogen-bond donors (Lipinski definition) is 1. The van der Waals surface area contributed by atoms with Gasteiger partial charge in [0.25, 0.3) is 0 Å². The molecule has 3 heteroatoms. The number of benzene rings is 5.